The summed E-state index contributed by atoms with van der Waals surface area (Å²) in [6, 6.07) is 9.74. The second-order valence-corrected chi connectivity index (χ2v) is 4.38. The lowest BCUT2D eigenvalue weighted by Crippen LogP contribution is -1.91. The van der Waals surface area contributed by atoms with E-state index < -0.39 is 0 Å². The number of nitrogen functional groups attached to an aromatic ring is 1. The molecule has 0 aliphatic heterocycles. The van der Waals surface area contributed by atoms with Crippen LogP contribution in [-0.4, -0.2) is 11.2 Å². The number of anilines is 2. The predicted octanol–water partition coefficient (Wildman–Crippen LogP) is 2.24. The van der Waals surface area contributed by atoms with Gasteiger partial charge in [0.1, 0.15) is 5.82 Å². The van der Waals surface area contributed by atoms with Crippen LogP contribution in [0.2, 0.25) is 0 Å². The first-order valence-corrected chi connectivity index (χ1v) is 6.12. The molecule has 90 valence electrons. The zero-order valence-corrected chi connectivity index (χ0v) is 10.3. The van der Waals surface area contributed by atoms with Crippen LogP contribution in [0.1, 0.15) is 11.1 Å². The van der Waals surface area contributed by atoms with Crippen LogP contribution in [0.4, 0.5) is 10.9 Å². The molecule has 3 N–H and O–H groups in total. The zero-order valence-electron chi connectivity index (χ0n) is 9.50. The number of hydrogen-bond donors (Lipinski definition) is 2. The first kappa shape index (κ1) is 12.1. The van der Waals surface area contributed by atoms with Crippen molar-refractivity contribution in [2.45, 2.75) is 6.42 Å². The van der Waals surface area contributed by atoms with Crippen molar-refractivity contribution in [2.75, 3.05) is 11.2 Å². The summed E-state index contributed by atoms with van der Waals surface area (Å²) < 4.78 is 0. The molecule has 0 amide bonds. The molecule has 1 heterocycles. The molecule has 0 spiro atoms. The van der Waals surface area contributed by atoms with Gasteiger partial charge in [-0.25, -0.2) is 4.98 Å². The van der Waals surface area contributed by atoms with E-state index >= 15 is 0 Å². The van der Waals surface area contributed by atoms with Crippen LogP contribution in [-0.2, 0) is 6.42 Å². The summed E-state index contributed by atoms with van der Waals surface area (Å²) in [5, 5.41) is 15.0. The third-order valence-corrected chi connectivity index (χ3v) is 2.92. The van der Waals surface area contributed by atoms with Crippen LogP contribution >= 0.6 is 11.3 Å². The summed E-state index contributed by atoms with van der Waals surface area (Å²) in [5.41, 5.74) is 10.2. The fourth-order valence-electron chi connectivity index (χ4n) is 1.31. The quantitative estimate of drug-likeness (QED) is 0.649. The Labute approximate surface area is 109 Å². The van der Waals surface area contributed by atoms with Gasteiger partial charge in [0.05, 0.1) is 18.7 Å². The van der Waals surface area contributed by atoms with Crippen molar-refractivity contribution in [2.24, 2.45) is 5.10 Å². The van der Waals surface area contributed by atoms with E-state index in [1.807, 2.05) is 24.3 Å². The summed E-state index contributed by atoms with van der Waals surface area (Å²) >= 11 is 1.40. The number of rotatable bonds is 4. The first-order chi connectivity index (χ1) is 8.78. The highest BCUT2D eigenvalue weighted by Crippen LogP contribution is 2.16. The first-order valence-electron chi connectivity index (χ1n) is 5.24. The Morgan fingerprint density at radius 1 is 1.44 bits per heavy atom. The maximum atomic E-state index is 8.56. The summed E-state index contributed by atoms with van der Waals surface area (Å²) in [4.78, 5) is 4.02. The Bertz CT molecular complexity index is 579. The highest BCUT2D eigenvalue weighted by atomic mass is 32.1. The van der Waals surface area contributed by atoms with E-state index in [0.29, 0.717) is 17.4 Å². The summed E-state index contributed by atoms with van der Waals surface area (Å²) in [6.07, 6.45) is 2.11. The highest BCUT2D eigenvalue weighted by molar-refractivity contribution is 7.14. The molecule has 0 radical (unpaired) electrons. The number of benzene rings is 1. The molecule has 0 unspecified atom stereocenters. The van der Waals surface area contributed by atoms with E-state index in [9.17, 15) is 0 Å². The van der Waals surface area contributed by atoms with E-state index in [4.69, 9.17) is 11.0 Å². The molecule has 0 saturated heterocycles. The number of hydrazone groups is 1. The van der Waals surface area contributed by atoms with Gasteiger partial charge in [-0.3, -0.25) is 5.43 Å². The Morgan fingerprint density at radius 2 is 2.22 bits per heavy atom. The lowest BCUT2D eigenvalue weighted by atomic mass is 10.1. The molecule has 0 fully saturated rings. The molecule has 0 bridgehead atoms. The van der Waals surface area contributed by atoms with Gasteiger partial charge in [0.15, 0.2) is 0 Å². The molecule has 1 aromatic heterocycles. The van der Waals surface area contributed by atoms with Crippen molar-refractivity contribution >= 4 is 28.5 Å². The normalized spacial score (nSPS) is 10.4. The van der Waals surface area contributed by atoms with Gasteiger partial charge in [0.2, 0.25) is 5.13 Å². The van der Waals surface area contributed by atoms with Gasteiger partial charge in [0, 0.05) is 5.38 Å². The van der Waals surface area contributed by atoms with Crippen molar-refractivity contribution in [1.82, 2.24) is 4.98 Å². The van der Waals surface area contributed by atoms with Crippen molar-refractivity contribution < 1.29 is 0 Å². The van der Waals surface area contributed by atoms with E-state index in [0.717, 1.165) is 11.1 Å². The molecular formula is C12H11N5S. The van der Waals surface area contributed by atoms with Crippen LogP contribution in [0, 0.1) is 11.3 Å². The van der Waals surface area contributed by atoms with Crippen LogP contribution in [0.5, 0.6) is 0 Å². The number of nitrogens with zero attached hydrogens (tertiary/aromatic N) is 3. The van der Waals surface area contributed by atoms with Gasteiger partial charge < -0.3 is 5.73 Å². The van der Waals surface area contributed by atoms with Crippen LogP contribution < -0.4 is 11.2 Å². The zero-order chi connectivity index (χ0) is 12.8. The molecule has 0 atom stereocenters. The second-order valence-electron chi connectivity index (χ2n) is 3.52. The molecule has 2 rings (SSSR count). The van der Waals surface area contributed by atoms with E-state index in [1.165, 1.54) is 11.3 Å². The maximum absolute atomic E-state index is 8.56. The van der Waals surface area contributed by atoms with E-state index in [2.05, 4.69) is 21.6 Å². The van der Waals surface area contributed by atoms with Gasteiger partial charge in [-0.1, -0.05) is 24.3 Å². The molecule has 2 aromatic rings. The molecule has 0 saturated carbocycles. The molecule has 6 heteroatoms. The average Bonchev–Trinajstić information content (AvgIpc) is 2.78. The molecule has 0 aliphatic rings. The predicted molar refractivity (Wildman–Crippen MR) is 73.5 cm³/mol. The van der Waals surface area contributed by atoms with Crippen molar-refractivity contribution in [3.05, 3.63) is 40.8 Å². The Hall–Kier alpha value is -2.39. The standard InChI is InChI=1S/C12H11N5S/c13-6-5-9-1-3-10(4-2-9)7-15-17-12-16-11(14)8-18-12/h1-4,7-8H,5,14H2,(H,16,17). The van der Waals surface area contributed by atoms with Gasteiger partial charge in [-0.15, -0.1) is 11.3 Å². The van der Waals surface area contributed by atoms with Crippen LogP contribution in [0.15, 0.2) is 34.7 Å². The summed E-state index contributed by atoms with van der Waals surface area (Å²) in [7, 11) is 0. The van der Waals surface area contributed by atoms with E-state index in [-0.39, 0.29) is 0 Å². The summed E-state index contributed by atoms with van der Waals surface area (Å²) in [5.74, 6) is 0.485. The molecule has 18 heavy (non-hydrogen) atoms. The fraction of sp³-hybridized carbons (Fsp3) is 0.0833. The molecule has 5 nitrogen and oxygen atoms in total. The van der Waals surface area contributed by atoms with Crippen LogP contribution in [0.25, 0.3) is 0 Å². The number of thiazole rings is 1. The van der Waals surface area contributed by atoms with Gasteiger partial charge in [-0.2, -0.15) is 10.4 Å². The average molecular weight is 257 g/mol. The summed E-state index contributed by atoms with van der Waals surface area (Å²) in [6.45, 7) is 0. The third-order valence-electron chi connectivity index (χ3n) is 2.16. The minimum Gasteiger partial charge on any atom is -0.383 e. The molecular weight excluding hydrogens is 246 g/mol. The smallest absolute Gasteiger partial charge is 0.205 e. The number of hydrogen-bond acceptors (Lipinski definition) is 6. The molecule has 1 aromatic carbocycles. The molecule has 0 aliphatic carbocycles. The van der Waals surface area contributed by atoms with Crippen molar-refractivity contribution in [3.63, 3.8) is 0 Å². The Morgan fingerprint density at radius 3 is 2.83 bits per heavy atom. The lowest BCUT2D eigenvalue weighted by Gasteiger charge is -1.96. The van der Waals surface area contributed by atoms with Crippen molar-refractivity contribution in [3.8, 4) is 6.07 Å². The van der Waals surface area contributed by atoms with Gasteiger partial charge >= 0.3 is 0 Å². The van der Waals surface area contributed by atoms with Gasteiger partial charge in [0.25, 0.3) is 0 Å². The number of nitrogens with one attached hydrogen (secondary N) is 1. The fourth-order valence-corrected chi connectivity index (χ4v) is 1.86. The van der Waals surface area contributed by atoms with Crippen LogP contribution in [0.3, 0.4) is 0 Å². The minimum atomic E-state index is 0.425. The Balaban J connectivity index is 1.95. The lowest BCUT2D eigenvalue weighted by molar-refractivity contribution is 1.26. The number of nitriles is 1. The highest BCUT2D eigenvalue weighted by Gasteiger charge is 1.95. The topological polar surface area (TPSA) is 87.1 Å². The number of aromatic nitrogens is 1. The number of nitrogens with two attached hydrogens (primary N) is 1. The van der Waals surface area contributed by atoms with Gasteiger partial charge in [-0.05, 0) is 11.1 Å². The second kappa shape index (κ2) is 5.80. The monoisotopic (exact) mass is 257 g/mol. The SMILES string of the molecule is N#CCc1ccc(C=NNc2nc(N)cs2)cc1. The van der Waals surface area contributed by atoms with Crippen molar-refractivity contribution in [1.29, 1.82) is 5.26 Å². The minimum absolute atomic E-state index is 0.425. The maximum Gasteiger partial charge on any atom is 0.205 e. The van der Waals surface area contributed by atoms with E-state index in [1.54, 1.807) is 11.6 Å². The third kappa shape index (κ3) is 3.30. The Kier molecular flexibility index (Phi) is 3.89. The largest absolute Gasteiger partial charge is 0.383 e.